The van der Waals surface area contributed by atoms with Gasteiger partial charge in [0.05, 0.1) is 18.7 Å². The molecule has 0 heterocycles. The fraction of sp³-hybridized carbons (Fsp3) is 0.500. The minimum atomic E-state index is -0.277. The van der Waals surface area contributed by atoms with Gasteiger partial charge in [-0.05, 0) is 24.1 Å². The summed E-state index contributed by atoms with van der Waals surface area (Å²) < 4.78 is 5.18. The molecule has 0 aliphatic heterocycles. The fourth-order valence-corrected chi connectivity index (χ4v) is 1.82. The monoisotopic (exact) mass is 228 g/mol. The number of benzene rings is 1. The quantitative estimate of drug-likeness (QED) is 0.862. The number of rotatable bonds is 3. The van der Waals surface area contributed by atoms with Crippen molar-refractivity contribution in [3.63, 3.8) is 0 Å². The number of methoxy groups -OCH3 is 1. The first-order chi connectivity index (χ1) is 6.92. The van der Waals surface area contributed by atoms with E-state index < -0.39 is 0 Å². The Balaban J connectivity index is 3.26. The molecule has 0 aromatic heterocycles. The number of aliphatic hydroxyl groups excluding tert-OH is 1. The van der Waals surface area contributed by atoms with Crippen molar-refractivity contribution in [2.24, 2.45) is 0 Å². The highest BCUT2D eigenvalue weighted by atomic mass is 35.5. The highest BCUT2D eigenvalue weighted by molar-refractivity contribution is 6.32. The standard InChI is InChI=1S/C12H17ClO2/c1-8-5-9(12(2,3)7-14)6-10(13)11(8)15-4/h5-6,14H,7H2,1-4H3. The third-order valence-corrected chi connectivity index (χ3v) is 2.89. The van der Waals surface area contributed by atoms with E-state index in [0.29, 0.717) is 10.8 Å². The molecule has 0 amide bonds. The SMILES string of the molecule is COc1c(C)cc(C(C)(C)CO)cc1Cl. The lowest BCUT2D eigenvalue weighted by molar-refractivity contribution is 0.218. The Bertz CT molecular complexity index is 336. The van der Waals surface area contributed by atoms with E-state index in [1.165, 1.54) is 0 Å². The minimum absolute atomic E-state index is 0.0924. The minimum Gasteiger partial charge on any atom is -0.495 e. The highest BCUT2D eigenvalue weighted by Crippen LogP contribution is 2.34. The molecule has 0 saturated heterocycles. The predicted molar refractivity (Wildman–Crippen MR) is 62.9 cm³/mol. The van der Waals surface area contributed by atoms with Crippen LogP contribution in [0.4, 0.5) is 0 Å². The van der Waals surface area contributed by atoms with Gasteiger partial charge < -0.3 is 9.84 Å². The molecule has 0 aliphatic carbocycles. The second-order valence-corrected chi connectivity index (χ2v) is 4.76. The average molecular weight is 229 g/mol. The van der Waals surface area contributed by atoms with Gasteiger partial charge >= 0.3 is 0 Å². The molecule has 0 fully saturated rings. The van der Waals surface area contributed by atoms with Gasteiger partial charge in [0.1, 0.15) is 5.75 Å². The normalized spacial score (nSPS) is 11.6. The highest BCUT2D eigenvalue weighted by Gasteiger charge is 2.21. The summed E-state index contributed by atoms with van der Waals surface area (Å²) in [7, 11) is 1.60. The molecule has 1 aromatic carbocycles. The van der Waals surface area contributed by atoms with E-state index in [0.717, 1.165) is 11.1 Å². The average Bonchev–Trinajstić information content (AvgIpc) is 2.17. The van der Waals surface area contributed by atoms with E-state index in [2.05, 4.69) is 0 Å². The van der Waals surface area contributed by atoms with Crippen molar-refractivity contribution in [2.45, 2.75) is 26.2 Å². The predicted octanol–water partition coefficient (Wildman–Crippen LogP) is 2.93. The maximum atomic E-state index is 9.28. The summed E-state index contributed by atoms with van der Waals surface area (Å²) >= 11 is 6.09. The van der Waals surface area contributed by atoms with Crippen LogP contribution in [0.25, 0.3) is 0 Å². The molecule has 3 heteroatoms. The smallest absolute Gasteiger partial charge is 0.140 e. The van der Waals surface area contributed by atoms with E-state index in [4.69, 9.17) is 16.3 Å². The Morgan fingerprint density at radius 2 is 2.00 bits per heavy atom. The van der Waals surface area contributed by atoms with E-state index in [1.807, 2.05) is 32.9 Å². The van der Waals surface area contributed by atoms with Crippen LogP contribution in [0.2, 0.25) is 5.02 Å². The number of halogens is 1. The molecule has 0 radical (unpaired) electrons. The Morgan fingerprint density at radius 3 is 2.40 bits per heavy atom. The van der Waals surface area contributed by atoms with Crippen molar-refractivity contribution in [3.8, 4) is 5.75 Å². The summed E-state index contributed by atoms with van der Waals surface area (Å²) in [4.78, 5) is 0. The molecule has 1 rings (SSSR count). The largest absolute Gasteiger partial charge is 0.495 e. The zero-order valence-corrected chi connectivity index (χ0v) is 10.4. The first kappa shape index (κ1) is 12.3. The lowest BCUT2D eigenvalue weighted by Gasteiger charge is -2.23. The molecular formula is C12H17ClO2. The van der Waals surface area contributed by atoms with Crippen LogP contribution in [-0.4, -0.2) is 18.8 Å². The van der Waals surface area contributed by atoms with Gasteiger partial charge in [-0.15, -0.1) is 0 Å². The fourth-order valence-electron chi connectivity index (χ4n) is 1.47. The van der Waals surface area contributed by atoms with Crippen molar-refractivity contribution < 1.29 is 9.84 Å². The molecule has 2 nitrogen and oxygen atoms in total. The number of aryl methyl sites for hydroxylation is 1. The summed E-state index contributed by atoms with van der Waals surface area (Å²) in [6.45, 7) is 5.99. The second-order valence-electron chi connectivity index (χ2n) is 4.35. The molecule has 0 bridgehead atoms. The van der Waals surface area contributed by atoms with Crippen LogP contribution in [0.5, 0.6) is 5.75 Å². The van der Waals surface area contributed by atoms with Crippen LogP contribution in [0.3, 0.4) is 0 Å². The van der Waals surface area contributed by atoms with Crippen LogP contribution in [0.1, 0.15) is 25.0 Å². The van der Waals surface area contributed by atoms with Crippen LogP contribution in [0.15, 0.2) is 12.1 Å². The molecule has 1 N–H and O–H groups in total. The molecule has 15 heavy (non-hydrogen) atoms. The first-order valence-electron chi connectivity index (χ1n) is 4.88. The van der Waals surface area contributed by atoms with E-state index >= 15 is 0 Å². The maximum Gasteiger partial charge on any atom is 0.140 e. The molecule has 1 aromatic rings. The molecule has 84 valence electrons. The molecule has 0 unspecified atom stereocenters. The number of hydrogen-bond donors (Lipinski definition) is 1. The van der Waals surface area contributed by atoms with Crippen LogP contribution in [-0.2, 0) is 5.41 Å². The van der Waals surface area contributed by atoms with Gasteiger partial charge in [-0.1, -0.05) is 31.5 Å². The van der Waals surface area contributed by atoms with Gasteiger partial charge in [0.25, 0.3) is 0 Å². The van der Waals surface area contributed by atoms with Crippen molar-refractivity contribution in [1.29, 1.82) is 0 Å². The summed E-state index contributed by atoms with van der Waals surface area (Å²) in [6, 6.07) is 3.85. The number of aliphatic hydroxyl groups is 1. The van der Waals surface area contributed by atoms with Gasteiger partial charge in [0.2, 0.25) is 0 Å². The van der Waals surface area contributed by atoms with Crippen molar-refractivity contribution >= 4 is 11.6 Å². The zero-order chi connectivity index (χ0) is 11.6. The molecular weight excluding hydrogens is 212 g/mol. The van der Waals surface area contributed by atoms with Gasteiger partial charge in [-0.2, -0.15) is 0 Å². The lowest BCUT2D eigenvalue weighted by atomic mass is 9.85. The third-order valence-electron chi connectivity index (χ3n) is 2.61. The topological polar surface area (TPSA) is 29.5 Å². The third kappa shape index (κ3) is 2.44. The Morgan fingerprint density at radius 1 is 1.40 bits per heavy atom. The Kier molecular flexibility index (Phi) is 3.63. The lowest BCUT2D eigenvalue weighted by Crippen LogP contribution is -2.22. The van der Waals surface area contributed by atoms with Crippen LogP contribution in [0, 0.1) is 6.92 Å². The summed E-state index contributed by atoms with van der Waals surface area (Å²) in [5, 5.41) is 9.87. The van der Waals surface area contributed by atoms with E-state index in [1.54, 1.807) is 7.11 Å². The molecule has 0 aliphatic rings. The van der Waals surface area contributed by atoms with E-state index in [9.17, 15) is 5.11 Å². The maximum absolute atomic E-state index is 9.28. The Hall–Kier alpha value is -0.730. The van der Waals surface area contributed by atoms with Gasteiger partial charge in [0, 0.05) is 5.41 Å². The van der Waals surface area contributed by atoms with Gasteiger partial charge in [-0.25, -0.2) is 0 Å². The molecule has 0 atom stereocenters. The summed E-state index contributed by atoms with van der Waals surface area (Å²) in [5.74, 6) is 0.703. The van der Waals surface area contributed by atoms with Crippen molar-refractivity contribution in [3.05, 3.63) is 28.3 Å². The second kappa shape index (κ2) is 4.42. The zero-order valence-electron chi connectivity index (χ0n) is 9.60. The van der Waals surface area contributed by atoms with E-state index in [-0.39, 0.29) is 12.0 Å². The van der Waals surface area contributed by atoms with Gasteiger partial charge in [0.15, 0.2) is 0 Å². The Labute approximate surface area is 95.8 Å². The molecule has 0 saturated carbocycles. The van der Waals surface area contributed by atoms with Crippen molar-refractivity contribution in [1.82, 2.24) is 0 Å². The van der Waals surface area contributed by atoms with Gasteiger partial charge in [-0.3, -0.25) is 0 Å². The van der Waals surface area contributed by atoms with Crippen LogP contribution < -0.4 is 4.74 Å². The first-order valence-corrected chi connectivity index (χ1v) is 5.25. The summed E-state index contributed by atoms with van der Waals surface area (Å²) in [6.07, 6.45) is 0. The van der Waals surface area contributed by atoms with Crippen LogP contribution >= 0.6 is 11.6 Å². The number of ether oxygens (including phenoxy) is 1. The molecule has 0 spiro atoms. The number of hydrogen-bond acceptors (Lipinski definition) is 2. The summed E-state index contributed by atoms with van der Waals surface area (Å²) in [5.41, 5.74) is 1.73. The van der Waals surface area contributed by atoms with Crippen molar-refractivity contribution in [2.75, 3.05) is 13.7 Å².